The molecule has 0 radical (unpaired) electrons. The maximum absolute atomic E-state index is 5.41. The average Bonchev–Trinajstić information content (AvgIpc) is 1.57. The van der Waals surface area contributed by atoms with Gasteiger partial charge in [-0.25, -0.2) is 44.9 Å². The van der Waals surface area contributed by atoms with Crippen molar-refractivity contribution in [1.29, 1.82) is 0 Å². The highest BCUT2D eigenvalue weighted by atomic mass is 32.1. The van der Waals surface area contributed by atoms with Gasteiger partial charge in [0.1, 0.15) is 0 Å². The second-order valence-electron chi connectivity index (χ2n) is 32.8. The number of nitrogens with zero attached hydrogens (tertiary/aromatic N) is 11. The molecule has 0 spiro atoms. The highest BCUT2D eigenvalue weighted by Crippen LogP contribution is 2.46. The molecule has 25 aromatic rings. The molecule has 0 fully saturated rings. The zero-order valence-electron chi connectivity index (χ0n) is 70.9. The van der Waals surface area contributed by atoms with Crippen molar-refractivity contribution in [1.82, 2.24) is 54.8 Å². The summed E-state index contributed by atoms with van der Waals surface area (Å²) in [5.74, 6) is 3.74. The van der Waals surface area contributed by atoms with Gasteiger partial charge in [-0.05, 0) is 125 Å². The molecule has 11 nitrogen and oxygen atoms in total. The number of pyridine rings is 2. The van der Waals surface area contributed by atoms with Crippen molar-refractivity contribution < 1.29 is 0 Å². The van der Waals surface area contributed by atoms with Crippen LogP contribution >= 0.6 is 22.7 Å². The monoisotopic (exact) mass is 1720 g/mol. The van der Waals surface area contributed by atoms with Crippen LogP contribution in [0.5, 0.6) is 0 Å². The van der Waals surface area contributed by atoms with E-state index >= 15 is 0 Å². The van der Waals surface area contributed by atoms with E-state index in [0.29, 0.717) is 34.9 Å². The van der Waals surface area contributed by atoms with Gasteiger partial charge < -0.3 is 0 Å². The number of rotatable bonds is 15. The highest BCUT2D eigenvalue weighted by molar-refractivity contribution is 7.27. The van der Waals surface area contributed by atoms with Gasteiger partial charge in [-0.1, -0.05) is 382 Å². The fraction of sp³-hybridized carbons (Fsp3) is 0. The zero-order chi connectivity index (χ0) is 87.4. The second kappa shape index (κ2) is 33.8. The van der Waals surface area contributed by atoms with E-state index in [0.717, 1.165) is 160 Å². The first-order valence-electron chi connectivity index (χ1n) is 43.9. The van der Waals surface area contributed by atoms with Crippen LogP contribution in [-0.2, 0) is 0 Å². The van der Waals surface area contributed by atoms with Gasteiger partial charge in [-0.2, -0.15) is 0 Å². The Morgan fingerprint density at radius 3 is 0.939 bits per heavy atom. The number of aromatic nitrogens is 11. The van der Waals surface area contributed by atoms with Gasteiger partial charge in [-0.3, -0.25) is 9.97 Å². The fourth-order valence-electron chi connectivity index (χ4n) is 17.7. The minimum absolute atomic E-state index is 0.585. The predicted molar refractivity (Wildman–Crippen MR) is 546 cm³/mol. The van der Waals surface area contributed by atoms with Gasteiger partial charge in [0.05, 0.1) is 54.6 Å². The minimum Gasteiger partial charge on any atom is -0.256 e. The van der Waals surface area contributed by atoms with Crippen LogP contribution in [0.15, 0.2) is 443 Å². The molecule has 25 rings (SSSR count). The minimum atomic E-state index is 0.585. The Labute approximate surface area is 768 Å². The third kappa shape index (κ3) is 15.2. The molecule has 13 heteroatoms. The van der Waals surface area contributed by atoms with Crippen molar-refractivity contribution >= 4 is 106 Å². The smallest absolute Gasteiger partial charge is 0.164 e. The van der Waals surface area contributed by atoms with E-state index in [-0.39, 0.29) is 0 Å². The van der Waals surface area contributed by atoms with Gasteiger partial charge in [0.25, 0.3) is 0 Å². The van der Waals surface area contributed by atoms with Crippen LogP contribution < -0.4 is 0 Å². The predicted octanol–water partition coefficient (Wildman–Crippen LogP) is 31.1. The molecule has 0 unspecified atom stereocenters. The largest absolute Gasteiger partial charge is 0.256 e. The summed E-state index contributed by atoms with van der Waals surface area (Å²) in [7, 11) is 0. The van der Waals surface area contributed by atoms with Gasteiger partial charge in [-0.15, -0.1) is 22.7 Å². The molecular weight excluding hydrogens is 1650 g/mol. The molecule has 0 aliphatic carbocycles. The summed E-state index contributed by atoms with van der Waals surface area (Å²) >= 11 is 3.53. The molecule has 8 heterocycles. The molecule has 0 aliphatic rings. The Hall–Kier alpha value is -17.2. The summed E-state index contributed by atoms with van der Waals surface area (Å²) in [6.07, 6.45) is 3.63. The summed E-state index contributed by atoms with van der Waals surface area (Å²) in [6, 6.07) is 150. The Morgan fingerprint density at radius 1 is 0.152 bits per heavy atom. The lowest BCUT2D eigenvalue weighted by Gasteiger charge is -2.11. The van der Waals surface area contributed by atoms with Crippen LogP contribution in [0.4, 0.5) is 0 Å². The Balaban J connectivity index is 0.000000146. The maximum Gasteiger partial charge on any atom is 0.164 e. The van der Waals surface area contributed by atoms with Gasteiger partial charge >= 0.3 is 0 Å². The number of thiophene rings is 2. The van der Waals surface area contributed by atoms with E-state index in [9.17, 15) is 0 Å². The second-order valence-corrected chi connectivity index (χ2v) is 34.8. The van der Waals surface area contributed by atoms with Crippen molar-refractivity contribution in [2.45, 2.75) is 0 Å². The normalized spacial score (nSPS) is 11.5. The van der Waals surface area contributed by atoms with E-state index in [2.05, 4.69) is 386 Å². The van der Waals surface area contributed by atoms with Crippen LogP contribution in [0.25, 0.3) is 253 Å². The molecule has 0 aliphatic heterocycles. The van der Waals surface area contributed by atoms with E-state index in [4.69, 9.17) is 44.9 Å². The van der Waals surface area contributed by atoms with Crippen molar-refractivity contribution in [3.05, 3.63) is 443 Å². The number of fused-ring (bicyclic) bond motifs is 12. The molecule has 0 saturated heterocycles. The maximum atomic E-state index is 5.41. The molecule has 0 atom stereocenters. The summed E-state index contributed by atoms with van der Waals surface area (Å²) in [6.45, 7) is 0. The topological polar surface area (TPSA) is 142 Å². The first-order valence-corrected chi connectivity index (χ1v) is 45.5. The van der Waals surface area contributed by atoms with E-state index < -0.39 is 0 Å². The lowest BCUT2D eigenvalue weighted by atomic mass is 9.99. The molecule has 17 aromatic carbocycles. The standard InChI is InChI=1S/C60H36N6S.C59H37N5S/c1-3-11-47-37(9-1)15-28-45-35-46(30-31-48(45)47)55-58-56(50-32-29-38-10-2-4-12-49(38)57(50)67-58)66-60(65-55)44-26-24-43(25-27-44)59-63-53(41-20-16-39(17-21-41)51-13-5-7-33-61-51)36-54(64-59)42-22-18-40(19-23-42)52-14-6-8-34-62-52;1-4-12-38(13-5-1)41-20-26-44(27-21-41)53-55-54(51-36-49-18-10-11-19-50(49)37-52(51)65-55)61-56(60-53)45-32-34-48(35-33-45)59-63-57(46-28-22-42(23-29-46)39-14-6-2-7-15-39)62-58(64-59)47-30-24-43(25-31-47)40-16-8-3-9-17-40/h1-36H;1-37H. The van der Waals surface area contributed by atoms with Crippen LogP contribution in [0.1, 0.15) is 0 Å². The fourth-order valence-corrected chi connectivity index (χ4v) is 20.2. The van der Waals surface area contributed by atoms with Gasteiger partial charge in [0.2, 0.25) is 0 Å². The molecule has 0 amide bonds. The third-order valence-electron chi connectivity index (χ3n) is 24.6. The zero-order valence-corrected chi connectivity index (χ0v) is 72.5. The quantitative estimate of drug-likeness (QED) is 0.0906. The lowest BCUT2D eigenvalue weighted by molar-refractivity contribution is 1.07. The third-order valence-corrected chi connectivity index (χ3v) is 27.0. The number of hydrogen-bond donors (Lipinski definition) is 0. The number of benzene rings is 17. The number of hydrogen-bond acceptors (Lipinski definition) is 13. The highest BCUT2D eigenvalue weighted by Gasteiger charge is 2.24. The van der Waals surface area contributed by atoms with Crippen LogP contribution in [0, 0.1) is 0 Å². The van der Waals surface area contributed by atoms with Gasteiger partial charge in [0.15, 0.2) is 34.9 Å². The van der Waals surface area contributed by atoms with Crippen LogP contribution in [-0.4, -0.2) is 54.8 Å². The first kappa shape index (κ1) is 78.3. The molecule has 616 valence electrons. The Morgan fingerprint density at radius 2 is 0.470 bits per heavy atom. The summed E-state index contributed by atoms with van der Waals surface area (Å²) in [5, 5.41) is 12.0. The summed E-state index contributed by atoms with van der Waals surface area (Å²) in [4.78, 5) is 56.2. The van der Waals surface area contributed by atoms with E-state index in [1.165, 1.54) is 58.1 Å². The van der Waals surface area contributed by atoms with Crippen molar-refractivity contribution in [3.63, 3.8) is 0 Å². The molecule has 0 saturated carbocycles. The average molecular weight is 1720 g/mol. The van der Waals surface area contributed by atoms with Crippen molar-refractivity contribution in [3.8, 4) is 169 Å². The van der Waals surface area contributed by atoms with Crippen LogP contribution in [0.3, 0.4) is 0 Å². The van der Waals surface area contributed by atoms with Gasteiger partial charge in [0, 0.05) is 99.3 Å². The van der Waals surface area contributed by atoms with Crippen molar-refractivity contribution in [2.75, 3.05) is 0 Å². The van der Waals surface area contributed by atoms with Crippen LogP contribution in [0.2, 0.25) is 0 Å². The van der Waals surface area contributed by atoms with E-state index in [1.54, 1.807) is 22.7 Å². The molecule has 0 N–H and O–H groups in total. The van der Waals surface area contributed by atoms with Crippen molar-refractivity contribution in [2.24, 2.45) is 0 Å². The molecule has 8 aromatic heterocycles. The SMILES string of the molecule is c1ccc(-c2ccc(-c3cc(-c4ccc(-c5ccccn5)cc4)nc(-c4ccc(-c5nc(-c6ccc7c(ccc8ccccc87)c6)c6sc7c8ccccc8ccc7c6n5)cc4)n3)cc2)nc1.c1ccc(-c2ccc(-c3nc(-c4ccc(-c5ccccc5)cc4)nc(-c4ccc(-c5nc(-c6ccc(-c7ccccc7)cc6)c6sc7cc8ccccc8cc7c6n5)cc4)n3)cc2)cc1. The Kier molecular flexibility index (Phi) is 20.1. The van der Waals surface area contributed by atoms with E-state index in [1.807, 2.05) is 67.0 Å². The lowest BCUT2D eigenvalue weighted by Crippen LogP contribution is -2.00. The first-order chi connectivity index (χ1) is 65.3. The Bertz CT molecular complexity index is 8470. The summed E-state index contributed by atoms with van der Waals surface area (Å²) < 4.78 is 4.55. The molecule has 0 bridgehead atoms. The molecular formula is C119H73N11S2. The summed E-state index contributed by atoms with van der Waals surface area (Å²) in [5.41, 5.74) is 25.7. The molecule has 132 heavy (non-hydrogen) atoms.